The number of allylic oxidation sites excluding steroid dienone is 6. The van der Waals surface area contributed by atoms with Crippen molar-refractivity contribution in [1.82, 2.24) is 0 Å². The van der Waals surface area contributed by atoms with Crippen molar-refractivity contribution in [1.29, 1.82) is 0 Å². The van der Waals surface area contributed by atoms with Crippen LogP contribution in [0.2, 0.25) is 0 Å². The third kappa shape index (κ3) is 9.22. The first-order chi connectivity index (χ1) is 6.83. The molecule has 0 spiro atoms. The molecule has 0 aromatic carbocycles. The second kappa shape index (κ2) is 6.40. The summed E-state index contributed by atoms with van der Waals surface area (Å²) in [6.07, 6.45) is 6.59. The molecule has 0 heterocycles. The monoisotopic (exact) mass is 226 g/mol. The van der Waals surface area contributed by atoms with E-state index in [9.17, 15) is 8.42 Å². The van der Waals surface area contributed by atoms with Crippen molar-refractivity contribution < 1.29 is 8.42 Å². The minimum absolute atomic E-state index is 1.06. The first-order valence-corrected chi connectivity index (χ1v) is 6.32. The first-order valence-electron chi connectivity index (χ1n) is 4.72. The average Bonchev–Trinajstić information content (AvgIpc) is 2.01. The van der Waals surface area contributed by atoms with E-state index in [1.807, 2.05) is 27.7 Å². The van der Waals surface area contributed by atoms with Gasteiger partial charge in [0, 0.05) is 10.8 Å². The fourth-order valence-corrected chi connectivity index (χ4v) is 1.41. The first kappa shape index (κ1) is 13.9. The van der Waals surface area contributed by atoms with Crippen LogP contribution in [0.5, 0.6) is 0 Å². The van der Waals surface area contributed by atoms with Crippen molar-refractivity contribution in [2.45, 2.75) is 27.7 Å². The summed E-state index contributed by atoms with van der Waals surface area (Å²) in [6.45, 7) is 7.65. The van der Waals surface area contributed by atoms with Gasteiger partial charge in [-0.2, -0.15) is 0 Å². The van der Waals surface area contributed by atoms with E-state index >= 15 is 0 Å². The van der Waals surface area contributed by atoms with Gasteiger partial charge in [-0.3, -0.25) is 0 Å². The molecule has 0 aliphatic carbocycles. The Morgan fingerprint density at radius 3 is 1.40 bits per heavy atom. The van der Waals surface area contributed by atoms with Gasteiger partial charge < -0.3 is 0 Å². The predicted molar refractivity (Wildman–Crippen MR) is 66.1 cm³/mol. The third-order valence-electron chi connectivity index (χ3n) is 1.40. The topological polar surface area (TPSA) is 34.1 Å². The highest BCUT2D eigenvalue weighted by molar-refractivity contribution is 7.97. The molecular weight excluding hydrogens is 208 g/mol. The van der Waals surface area contributed by atoms with Gasteiger partial charge in [0.1, 0.15) is 0 Å². The fraction of sp³-hybridized carbons (Fsp3) is 0.333. The molecule has 0 unspecified atom stereocenters. The Morgan fingerprint density at radius 1 is 0.800 bits per heavy atom. The molecule has 0 rings (SSSR count). The van der Waals surface area contributed by atoms with Gasteiger partial charge in [-0.15, -0.1) is 0 Å². The van der Waals surface area contributed by atoms with Crippen molar-refractivity contribution in [3.63, 3.8) is 0 Å². The van der Waals surface area contributed by atoms with Crippen LogP contribution in [0, 0.1) is 0 Å². The van der Waals surface area contributed by atoms with Crippen LogP contribution in [0.15, 0.2) is 46.3 Å². The third-order valence-corrected chi connectivity index (χ3v) is 2.47. The molecule has 0 radical (unpaired) electrons. The highest BCUT2D eigenvalue weighted by Gasteiger charge is 1.96. The van der Waals surface area contributed by atoms with Gasteiger partial charge in [0.25, 0.3) is 0 Å². The Morgan fingerprint density at radius 2 is 1.13 bits per heavy atom. The van der Waals surface area contributed by atoms with Crippen LogP contribution in [0.25, 0.3) is 0 Å². The van der Waals surface area contributed by atoms with Crippen molar-refractivity contribution in [2.24, 2.45) is 0 Å². The van der Waals surface area contributed by atoms with Crippen LogP contribution in [0.3, 0.4) is 0 Å². The molecule has 15 heavy (non-hydrogen) atoms. The standard InChI is InChI=1S/C12H18O2S/c1-11(2)7-5-9-15(13,14)10-6-8-12(3)4/h5-10H,1-4H3. The van der Waals surface area contributed by atoms with Gasteiger partial charge in [-0.1, -0.05) is 35.5 Å². The summed E-state index contributed by atoms with van der Waals surface area (Å²) in [6, 6.07) is 0. The van der Waals surface area contributed by atoms with Crippen LogP contribution in [0.1, 0.15) is 27.7 Å². The van der Waals surface area contributed by atoms with Crippen LogP contribution >= 0.6 is 0 Å². The lowest BCUT2D eigenvalue weighted by Gasteiger charge is -1.87. The maximum atomic E-state index is 11.4. The Balaban J connectivity index is 4.59. The molecule has 0 fully saturated rings. The van der Waals surface area contributed by atoms with E-state index in [4.69, 9.17) is 0 Å². The molecule has 2 nitrogen and oxygen atoms in total. The zero-order valence-corrected chi connectivity index (χ0v) is 10.5. The lowest BCUT2D eigenvalue weighted by molar-refractivity contribution is 0.612. The normalized spacial score (nSPS) is 12.0. The lowest BCUT2D eigenvalue weighted by atomic mass is 10.3. The van der Waals surface area contributed by atoms with Crippen molar-refractivity contribution >= 4 is 9.84 Å². The van der Waals surface area contributed by atoms with E-state index in [0.717, 1.165) is 11.1 Å². The summed E-state index contributed by atoms with van der Waals surface area (Å²) in [4.78, 5) is 0. The average molecular weight is 226 g/mol. The molecule has 0 aliphatic heterocycles. The van der Waals surface area contributed by atoms with Crippen LogP contribution < -0.4 is 0 Å². The fourth-order valence-electron chi connectivity index (χ4n) is 0.728. The van der Waals surface area contributed by atoms with E-state index in [2.05, 4.69) is 0 Å². The van der Waals surface area contributed by atoms with E-state index in [0.29, 0.717) is 0 Å². The Bertz CT molecular complexity index is 365. The van der Waals surface area contributed by atoms with Gasteiger partial charge in [-0.05, 0) is 27.7 Å². The maximum Gasteiger partial charge on any atom is 0.193 e. The summed E-state index contributed by atoms with van der Waals surface area (Å²) < 4.78 is 22.7. The quantitative estimate of drug-likeness (QED) is 0.689. The maximum absolute atomic E-state index is 11.4. The van der Waals surface area contributed by atoms with E-state index < -0.39 is 9.84 Å². The van der Waals surface area contributed by atoms with Crippen LogP contribution in [-0.2, 0) is 9.84 Å². The van der Waals surface area contributed by atoms with Gasteiger partial charge in [-0.25, -0.2) is 8.42 Å². The smallest absolute Gasteiger partial charge is 0.193 e. The second-order valence-corrected chi connectivity index (χ2v) is 5.46. The Labute approximate surface area is 92.6 Å². The SMILES string of the molecule is CC(C)=CC=CS(=O)(=O)C=CC=C(C)C. The molecule has 0 atom stereocenters. The van der Waals surface area contributed by atoms with Gasteiger partial charge in [0.2, 0.25) is 0 Å². The lowest BCUT2D eigenvalue weighted by Crippen LogP contribution is -1.86. The number of hydrogen-bond donors (Lipinski definition) is 0. The van der Waals surface area contributed by atoms with Gasteiger partial charge >= 0.3 is 0 Å². The molecule has 0 aromatic heterocycles. The van der Waals surface area contributed by atoms with Gasteiger partial charge in [0.05, 0.1) is 0 Å². The van der Waals surface area contributed by atoms with Gasteiger partial charge in [0.15, 0.2) is 9.84 Å². The molecule has 0 bridgehead atoms. The minimum Gasteiger partial charge on any atom is -0.220 e. The second-order valence-electron chi connectivity index (χ2n) is 3.73. The zero-order valence-electron chi connectivity index (χ0n) is 9.69. The summed E-state index contributed by atoms with van der Waals surface area (Å²) in [7, 11) is -3.22. The summed E-state index contributed by atoms with van der Waals surface area (Å²) in [5.74, 6) is 0. The van der Waals surface area contributed by atoms with E-state index in [-0.39, 0.29) is 0 Å². The molecule has 0 saturated carbocycles. The molecule has 0 aliphatic rings. The summed E-state index contributed by atoms with van der Waals surface area (Å²) in [5, 5.41) is 2.38. The molecule has 0 aromatic rings. The molecule has 0 amide bonds. The molecule has 3 heteroatoms. The Hall–Kier alpha value is -1.09. The number of rotatable bonds is 4. The van der Waals surface area contributed by atoms with Crippen molar-refractivity contribution in [2.75, 3.05) is 0 Å². The Kier molecular flexibility index (Phi) is 5.94. The number of hydrogen-bond acceptors (Lipinski definition) is 2. The molecule has 84 valence electrons. The van der Waals surface area contributed by atoms with Crippen LogP contribution in [0.4, 0.5) is 0 Å². The molecule has 0 N–H and O–H groups in total. The zero-order chi connectivity index (χ0) is 11.9. The van der Waals surface area contributed by atoms with Crippen molar-refractivity contribution in [3.05, 3.63) is 46.3 Å². The molecule has 0 saturated heterocycles. The highest BCUT2D eigenvalue weighted by atomic mass is 32.2. The summed E-state index contributed by atoms with van der Waals surface area (Å²) in [5.41, 5.74) is 2.13. The summed E-state index contributed by atoms with van der Waals surface area (Å²) >= 11 is 0. The predicted octanol–water partition coefficient (Wildman–Crippen LogP) is 3.36. The van der Waals surface area contributed by atoms with Crippen molar-refractivity contribution in [3.8, 4) is 0 Å². The minimum atomic E-state index is -3.22. The largest absolute Gasteiger partial charge is 0.220 e. The van der Waals surface area contributed by atoms with E-state index in [1.54, 1.807) is 12.2 Å². The highest BCUT2D eigenvalue weighted by Crippen LogP contribution is 1.99. The number of sulfone groups is 1. The van der Waals surface area contributed by atoms with E-state index in [1.165, 1.54) is 23.0 Å². The molecular formula is C12H18O2S. The van der Waals surface area contributed by atoms with Crippen LogP contribution in [-0.4, -0.2) is 8.42 Å².